The zero-order valence-corrected chi connectivity index (χ0v) is 17.4. The second-order valence-corrected chi connectivity index (χ2v) is 9.84. The van der Waals surface area contributed by atoms with Gasteiger partial charge in [0.05, 0.1) is 0 Å². The highest BCUT2D eigenvalue weighted by Gasteiger charge is 2.43. The van der Waals surface area contributed by atoms with E-state index in [4.69, 9.17) is 0 Å². The molecule has 1 atom stereocenters. The maximum Gasteiger partial charge on any atom is 0.165 e. The van der Waals surface area contributed by atoms with E-state index in [1.54, 1.807) is 6.07 Å². The molecular formula is C23H26BrFO. The van der Waals surface area contributed by atoms with Gasteiger partial charge in [0.15, 0.2) is 11.6 Å². The van der Waals surface area contributed by atoms with Crippen LogP contribution in [0.2, 0.25) is 0 Å². The molecule has 1 aliphatic carbocycles. The summed E-state index contributed by atoms with van der Waals surface area (Å²) in [6.07, 6.45) is 4.21. The van der Waals surface area contributed by atoms with Crippen LogP contribution in [-0.4, -0.2) is 5.11 Å². The normalized spacial score (nSPS) is 23.2. The van der Waals surface area contributed by atoms with Crippen molar-refractivity contribution in [1.82, 2.24) is 0 Å². The predicted octanol–water partition coefficient (Wildman–Crippen LogP) is 7.31. The van der Waals surface area contributed by atoms with Gasteiger partial charge in [0, 0.05) is 10.4 Å². The first-order chi connectivity index (χ1) is 12.1. The fourth-order valence-corrected chi connectivity index (χ4v) is 5.10. The van der Waals surface area contributed by atoms with Crippen molar-refractivity contribution >= 4 is 22.0 Å². The number of halogens is 2. The summed E-state index contributed by atoms with van der Waals surface area (Å²) in [4.78, 5) is 0. The molecule has 3 heteroatoms. The molecule has 0 spiro atoms. The Morgan fingerprint density at radius 3 is 2.35 bits per heavy atom. The van der Waals surface area contributed by atoms with Gasteiger partial charge in [-0.2, -0.15) is 0 Å². The molecule has 1 fully saturated rings. The van der Waals surface area contributed by atoms with E-state index in [2.05, 4.69) is 74.0 Å². The Kier molecular flexibility index (Phi) is 5.04. The molecule has 26 heavy (non-hydrogen) atoms. The maximum atomic E-state index is 13.8. The largest absolute Gasteiger partial charge is 0.505 e. The number of benzene rings is 2. The van der Waals surface area contributed by atoms with E-state index in [0.29, 0.717) is 0 Å². The zero-order valence-electron chi connectivity index (χ0n) is 15.8. The standard InChI is InChI=1S/C23H26BrFO/c1-22(2)13-17(11-15-5-10-20(26)19(25)12-15)21(23(3,4)14-22)16-6-8-18(24)9-7-16/h5-12,21,26H,13-14H2,1-4H3. The van der Waals surface area contributed by atoms with Crippen molar-refractivity contribution in [3.8, 4) is 5.75 Å². The highest BCUT2D eigenvalue weighted by atomic mass is 79.9. The van der Waals surface area contributed by atoms with Gasteiger partial charge in [0.1, 0.15) is 0 Å². The smallest absolute Gasteiger partial charge is 0.165 e. The Bertz CT molecular complexity index is 834. The molecule has 3 rings (SSSR count). The molecule has 1 unspecified atom stereocenters. The summed E-state index contributed by atoms with van der Waals surface area (Å²) >= 11 is 3.52. The van der Waals surface area contributed by atoms with Crippen LogP contribution in [0.25, 0.3) is 6.08 Å². The van der Waals surface area contributed by atoms with Crippen molar-refractivity contribution in [2.24, 2.45) is 10.8 Å². The van der Waals surface area contributed by atoms with Crippen molar-refractivity contribution in [3.05, 3.63) is 69.5 Å². The summed E-state index contributed by atoms with van der Waals surface area (Å²) in [5.41, 5.74) is 3.69. The highest BCUT2D eigenvalue weighted by Crippen LogP contribution is 2.56. The summed E-state index contributed by atoms with van der Waals surface area (Å²) in [6, 6.07) is 13.1. The summed E-state index contributed by atoms with van der Waals surface area (Å²) in [6.45, 7) is 9.26. The zero-order chi connectivity index (χ0) is 19.1. The van der Waals surface area contributed by atoms with Gasteiger partial charge in [-0.1, -0.05) is 73.5 Å². The molecule has 1 nitrogen and oxygen atoms in total. The van der Waals surface area contributed by atoms with E-state index in [-0.39, 0.29) is 22.5 Å². The lowest BCUT2D eigenvalue weighted by Gasteiger charge is -2.48. The molecule has 0 aliphatic heterocycles. The van der Waals surface area contributed by atoms with Gasteiger partial charge >= 0.3 is 0 Å². The van der Waals surface area contributed by atoms with Crippen LogP contribution in [-0.2, 0) is 0 Å². The minimum atomic E-state index is -0.575. The number of allylic oxidation sites excluding steroid dienone is 1. The van der Waals surface area contributed by atoms with Crippen LogP contribution >= 0.6 is 15.9 Å². The Labute approximate surface area is 164 Å². The van der Waals surface area contributed by atoms with Crippen molar-refractivity contribution in [2.45, 2.75) is 46.5 Å². The first kappa shape index (κ1) is 19.2. The Balaban J connectivity index is 2.11. The third kappa shape index (κ3) is 4.03. The lowest BCUT2D eigenvalue weighted by atomic mass is 9.56. The van der Waals surface area contributed by atoms with Gasteiger partial charge in [-0.25, -0.2) is 4.39 Å². The highest BCUT2D eigenvalue weighted by molar-refractivity contribution is 9.10. The van der Waals surface area contributed by atoms with E-state index >= 15 is 0 Å². The number of rotatable bonds is 2. The lowest BCUT2D eigenvalue weighted by molar-refractivity contribution is 0.131. The van der Waals surface area contributed by atoms with Crippen LogP contribution in [0.5, 0.6) is 5.75 Å². The first-order valence-electron chi connectivity index (χ1n) is 9.02. The minimum Gasteiger partial charge on any atom is -0.505 e. The molecule has 1 aliphatic rings. The molecule has 2 aromatic carbocycles. The van der Waals surface area contributed by atoms with E-state index in [9.17, 15) is 9.50 Å². The van der Waals surface area contributed by atoms with Gasteiger partial charge in [0.25, 0.3) is 0 Å². The Morgan fingerprint density at radius 1 is 1.08 bits per heavy atom. The fourth-order valence-electron chi connectivity index (χ4n) is 4.84. The molecule has 0 radical (unpaired) electrons. The molecule has 0 heterocycles. The fraction of sp³-hybridized carbons (Fsp3) is 0.391. The van der Waals surface area contributed by atoms with Gasteiger partial charge in [0.2, 0.25) is 0 Å². The van der Waals surface area contributed by atoms with E-state index in [1.165, 1.54) is 23.3 Å². The van der Waals surface area contributed by atoms with Crippen LogP contribution in [0.3, 0.4) is 0 Å². The van der Waals surface area contributed by atoms with Crippen LogP contribution in [0.1, 0.15) is 57.6 Å². The Morgan fingerprint density at radius 2 is 1.73 bits per heavy atom. The first-order valence-corrected chi connectivity index (χ1v) is 9.81. The SMILES string of the molecule is CC1(C)CC(=Cc2ccc(O)c(F)c2)C(c2ccc(Br)cc2)C(C)(C)C1. The van der Waals surface area contributed by atoms with Crippen molar-refractivity contribution < 1.29 is 9.50 Å². The predicted molar refractivity (Wildman–Crippen MR) is 110 cm³/mol. The number of phenols is 1. The van der Waals surface area contributed by atoms with Gasteiger partial charge in [-0.15, -0.1) is 0 Å². The molecule has 0 amide bonds. The van der Waals surface area contributed by atoms with Crippen molar-refractivity contribution in [2.75, 3.05) is 0 Å². The summed E-state index contributed by atoms with van der Waals surface area (Å²) in [5.74, 6) is -0.602. The quantitative estimate of drug-likeness (QED) is 0.543. The van der Waals surface area contributed by atoms with Gasteiger partial charge in [-0.3, -0.25) is 0 Å². The monoisotopic (exact) mass is 416 g/mol. The molecule has 0 aromatic heterocycles. The molecule has 1 N–H and O–H groups in total. The molecule has 0 saturated heterocycles. The third-order valence-electron chi connectivity index (χ3n) is 5.30. The van der Waals surface area contributed by atoms with Crippen LogP contribution in [0.4, 0.5) is 4.39 Å². The minimum absolute atomic E-state index is 0.0941. The van der Waals surface area contributed by atoms with Crippen LogP contribution < -0.4 is 0 Å². The van der Waals surface area contributed by atoms with Crippen LogP contribution in [0.15, 0.2) is 52.5 Å². The second-order valence-electron chi connectivity index (χ2n) is 8.92. The average molecular weight is 417 g/mol. The number of phenolic OH excluding ortho intramolecular Hbond substituents is 1. The number of hydrogen-bond donors (Lipinski definition) is 1. The topological polar surface area (TPSA) is 20.2 Å². The Hall–Kier alpha value is -1.61. The van der Waals surface area contributed by atoms with Gasteiger partial charge < -0.3 is 5.11 Å². The maximum absolute atomic E-state index is 13.8. The van der Waals surface area contributed by atoms with E-state index < -0.39 is 5.82 Å². The summed E-state index contributed by atoms with van der Waals surface area (Å²) in [7, 11) is 0. The van der Waals surface area contributed by atoms with E-state index in [1.807, 2.05) is 0 Å². The van der Waals surface area contributed by atoms with Gasteiger partial charge in [-0.05, 0) is 59.1 Å². The third-order valence-corrected chi connectivity index (χ3v) is 5.82. The summed E-state index contributed by atoms with van der Waals surface area (Å²) < 4.78 is 14.9. The molecule has 0 bridgehead atoms. The molecule has 1 saturated carbocycles. The van der Waals surface area contributed by atoms with Crippen molar-refractivity contribution in [3.63, 3.8) is 0 Å². The molecular weight excluding hydrogens is 391 g/mol. The number of hydrogen-bond acceptors (Lipinski definition) is 1. The molecule has 138 valence electrons. The second kappa shape index (κ2) is 6.84. The average Bonchev–Trinajstić information content (AvgIpc) is 2.50. The lowest BCUT2D eigenvalue weighted by Crippen LogP contribution is -2.36. The molecule has 2 aromatic rings. The van der Waals surface area contributed by atoms with Crippen molar-refractivity contribution in [1.29, 1.82) is 0 Å². The summed E-state index contributed by atoms with van der Waals surface area (Å²) in [5, 5.41) is 9.47. The van der Waals surface area contributed by atoms with E-state index in [0.717, 1.165) is 22.9 Å². The number of aromatic hydroxyl groups is 1. The van der Waals surface area contributed by atoms with Crippen LogP contribution in [0, 0.1) is 16.6 Å².